The smallest absolute Gasteiger partial charge is 0.221 e. The highest BCUT2D eigenvalue weighted by molar-refractivity contribution is 6.09. The Hall–Kier alpha value is -2.43. The van der Waals surface area contributed by atoms with E-state index < -0.39 is 0 Å². The highest BCUT2D eigenvalue weighted by Crippen LogP contribution is 2.35. The molecule has 2 aromatic carbocycles. The summed E-state index contributed by atoms with van der Waals surface area (Å²) < 4.78 is 0. The number of benzene rings is 2. The summed E-state index contributed by atoms with van der Waals surface area (Å²) >= 11 is 0. The first-order valence-electron chi connectivity index (χ1n) is 5.05. The number of nitrogens with two attached hydrogens (primary N) is 1. The number of carbonyl (C=O) groups is 1. The third-order valence-corrected chi connectivity index (χ3v) is 2.47. The molecule has 17 heavy (non-hydrogen) atoms. The van der Waals surface area contributed by atoms with Crippen molar-refractivity contribution in [2.24, 2.45) is 5.18 Å². The molecule has 2 aromatic rings. The fraction of sp³-hybridized carbons (Fsp3) is 0.0833. The lowest BCUT2D eigenvalue weighted by Gasteiger charge is -2.10. The fourth-order valence-electron chi connectivity index (χ4n) is 1.77. The van der Waals surface area contributed by atoms with E-state index in [4.69, 9.17) is 5.73 Å². The molecular formula is C12H11N3O2. The van der Waals surface area contributed by atoms with Gasteiger partial charge in [0.05, 0.1) is 11.4 Å². The summed E-state index contributed by atoms with van der Waals surface area (Å²) in [4.78, 5) is 21.7. The SMILES string of the molecule is CC(=O)Nc1cccc2ccc(N=O)c(N)c12. The molecule has 5 nitrogen and oxygen atoms in total. The van der Waals surface area contributed by atoms with Crippen LogP contribution in [0.5, 0.6) is 0 Å². The van der Waals surface area contributed by atoms with Crippen molar-refractivity contribution in [1.82, 2.24) is 0 Å². The Morgan fingerprint density at radius 3 is 2.71 bits per heavy atom. The zero-order chi connectivity index (χ0) is 12.4. The minimum atomic E-state index is -0.193. The monoisotopic (exact) mass is 229 g/mol. The summed E-state index contributed by atoms with van der Waals surface area (Å²) in [7, 11) is 0. The molecule has 0 saturated carbocycles. The molecule has 0 unspecified atom stereocenters. The van der Waals surface area contributed by atoms with Gasteiger partial charge in [-0.25, -0.2) is 0 Å². The van der Waals surface area contributed by atoms with Crippen molar-refractivity contribution < 1.29 is 4.79 Å². The first-order chi connectivity index (χ1) is 8.13. The van der Waals surface area contributed by atoms with Crippen LogP contribution in [0.15, 0.2) is 35.5 Å². The lowest BCUT2D eigenvalue weighted by atomic mass is 10.1. The van der Waals surface area contributed by atoms with Gasteiger partial charge in [-0.15, -0.1) is 4.91 Å². The fourth-order valence-corrected chi connectivity index (χ4v) is 1.77. The molecule has 0 spiro atoms. The number of fused-ring (bicyclic) bond motifs is 1. The maximum atomic E-state index is 11.1. The van der Waals surface area contributed by atoms with Crippen molar-refractivity contribution in [3.8, 4) is 0 Å². The molecule has 5 heteroatoms. The predicted molar refractivity (Wildman–Crippen MR) is 68.1 cm³/mol. The van der Waals surface area contributed by atoms with Crippen LogP contribution in [-0.4, -0.2) is 5.91 Å². The normalized spacial score (nSPS) is 10.2. The number of amides is 1. The number of nitrogen functional groups attached to an aromatic ring is 1. The predicted octanol–water partition coefficient (Wildman–Crippen LogP) is 2.78. The molecule has 0 bridgehead atoms. The van der Waals surface area contributed by atoms with Gasteiger partial charge in [0.1, 0.15) is 5.69 Å². The van der Waals surface area contributed by atoms with Crippen LogP contribution in [-0.2, 0) is 4.79 Å². The van der Waals surface area contributed by atoms with E-state index in [1.807, 2.05) is 6.07 Å². The van der Waals surface area contributed by atoms with Crippen molar-refractivity contribution in [3.05, 3.63) is 35.2 Å². The van der Waals surface area contributed by atoms with E-state index in [2.05, 4.69) is 10.5 Å². The van der Waals surface area contributed by atoms with Crippen LogP contribution >= 0.6 is 0 Å². The number of nitrogens with one attached hydrogen (secondary N) is 1. The second-order valence-electron chi connectivity index (χ2n) is 3.67. The molecule has 0 aliphatic carbocycles. The number of hydrogen-bond acceptors (Lipinski definition) is 4. The molecule has 0 aromatic heterocycles. The lowest BCUT2D eigenvalue weighted by Crippen LogP contribution is -2.06. The van der Waals surface area contributed by atoms with Gasteiger partial charge in [0.15, 0.2) is 0 Å². The molecular weight excluding hydrogens is 218 g/mol. The third-order valence-electron chi connectivity index (χ3n) is 2.47. The summed E-state index contributed by atoms with van der Waals surface area (Å²) in [6.45, 7) is 1.41. The standard InChI is InChI=1S/C12H11N3O2/c1-7(16)14-9-4-2-3-8-5-6-10(15-17)12(13)11(8)9/h2-6H,13H2,1H3,(H,14,16). The molecule has 0 fully saturated rings. The molecule has 0 radical (unpaired) electrons. The number of rotatable bonds is 2. The van der Waals surface area contributed by atoms with Gasteiger partial charge in [-0.05, 0) is 22.7 Å². The third kappa shape index (κ3) is 1.94. The van der Waals surface area contributed by atoms with Gasteiger partial charge in [0.25, 0.3) is 0 Å². The van der Waals surface area contributed by atoms with Crippen molar-refractivity contribution in [2.45, 2.75) is 6.92 Å². The second-order valence-corrected chi connectivity index (χ2v) is 3.67. The average molecular weight is 229 g/mol. The first-order valence-corrected chi connectivity index (χ1v) is 5.05. The van der Waals surface area contributed by atoms with Crippen molar-refractivity contribution in [1.29, 1.82) is 0 Å². The summed E-state index contributed by atoms with van der Waals surface area (Å²) in [5.41, 5.74) is 6.90. The van der Waals surface area contributed by atoms with Gasteiger partial charge in [-0.2, -0.15) is 0 Å². The minimum Gasteiger partial charge on any atom is -0.396 e. The molecule has 0 saturated heterocycles. The number of nitrogens with zero attached hydrogens (tertiary/aromatic N) is 1. The summed E-state index contributed by atoms with van der Waals surface area (Å²) in [5.74, 6) is -0.193. The number of anilines is 2. The van der Waals surface area contributed by atoms with Crippen molar-refractivity contribution in [2.75, 3.05) is 11.1 Å². The Labute approximate surface area is 97.6 Å². The zero-order valence-corrected chi connectivity index (χ0v) is 9.23. The molecule has 86 valence electrons. The van der Waals surface area contributed by atoms with E-state index in [9.17, 15) is 9.70 Å². The number of nitroso groups, excluding NO2 is 1. The van der Waals surface area contributed by atoms with Gasteiger partial charge in [-0.1, -0.05) is 18.2 Å². The van der Waals surface area contributed by atoms with E-state index in [1.54, 1.807) is 24.3 Å². The highest BCUT2D eigenvalue weighted by atomic mass is 16.3. The van der Waals surface area contributed by atoms with Gasteiger partial charge in [-0.3, -0.25) is 4.79 Å². The van der Waals surface area contributed by atoms with Gasteiger partial charge >= 0.3 is 0 Å². The summed E-state index contributed by atoms with van der Waals surface area (Å²) in [6.07, 6.45) is 0. The van der Waals surface area contributed by atoms with E-state index in [0.29, 0.717) is 11.1 Å². The van der Waals surface area contributed by atoms with E-state index >= 15 is 0 Å². The molecule has 3 N–H and O–H groups in total. The summed E-state index contributed by atoms with van der Waals surface area (Å²) in [6, 6.07) is 8.69. The van der Waals surface area contributed by atoms with Gasteiger partial charge < -0.3 is 11.1 Å². The van der Waals surface area contributed by atoms with Crippen LogP contribution < -0.4 is 11.1 Å². The Balaban J connectivity index is 2.75. The minimum absolute atomic E-state index is 0.176. The Bertz CT molecular complexity index is 608. The van der Waals surface area contributed by atoms with E-state index in [-0.39, 0.29) is 17.3 Å². The molecule has 1 amide bonds. The van der Waals surface area contributed by atoms with Gasteiger partial charge in [0.2, 0.25) is 5.91 Å². The molecule has 0 aliphatic rings. The molecule has 0 atom stereocenters. The largest absolute Gasteiger partial charge is 0.396 e. The van der Waals surface area contributed by atoms with Crippen LogP contribution in [0.2, 0.25) is 0 Å². The van der Waals surface area contributed by atoms with Crippen molar-refractivity contribution >= 4 is 33.7 Å². The average Bonchev–Trinajstić information content (AvgIpc) is 2.29. The number of hydrogen-bond donors (Lipinski definition) is 2. The van der Waals surface area contributed by atoms with Crippen LogP contribution in [0.25, 0.3) is 10.8 Å². The highest BCUT2D eigenvalue weighted by Gasteiger charge is 2.09. The molecule has 0 aliphatic heterocycles. The number of carbonyl (C=O) groups excluding carboxylic acids is 1. The van der Waals surface area contributed by atoms with Crippen LogP contribution in [0, 0.1) is 4.91 Å². The first kappa shape index (κ1) is 11.1. The zero-order valence-electron chi connectivity index (χ0n) is 9.23. The maximum absolute atomic E-state index is 11.1. The van der Waals surface area contributed by atoms with Gasteiger partial charge in [0, 0.05) is 12.3 Å². The topological polar surface area (TPSA) is 84.5 Å². The van der Waals surface area contributed by atoms with Crippen LogP contribution in [0.1, 0.15) is 6.92 Å². The Morgan fingerprint density at radius 1 is 1.29 bits per heavy atom. The Kier molecular flexibility index (Phi) is 2.74. The quantitative estimate of drug-likeness (QED) is 0.613. The molecule has 0 heterocycles. The van der Waals surface area contributed by atoms with Crippen LogP contribution in [0.3, 0.4) is 0 Å². The van der Waals surface area contributed by atoms with Crippen molar-refractivity contribution in [3.63, 3.8) is 0 Å². The summed E-state index contributed by atoms with van der Waals surface area (Å²) in [5, 5.41) is 7.02. The Morgan fingerprint density at radius 2 is 2.06 bits per heavy atom. The lowest BCUT2D eigenvalue weighted by molar-refractivity contribution is -0.114. The maximum Gasteiger partial charge on any atom is 0.221 e. The molecule has 2 rings (SSSR count). The van der Waals surface area contributed by atoms with E-state index in [1.165, 1.54) is 6.92 Å². The van der Waals surface area contributed by atoms with Crippen LogP contribution in [0.4, 0.5) is 17.1 Å². The van der Waals surface area contributed by atoms with E-state index in [0.717, 1.165) is 5.39 Å². The second kappa shape index (κ2) is 4.21.